The molecule has 0 radical (unpaired) electrons. The van der Waals surface area contributed by atoms with Gasteiger partial charge in [-0.1, -0.05) is 30.3 Å². The summed E-state index contributed by atoms with van der Waals surface area (Å²) in [6.45, 7) is 5.51. The van der Waals surface area contributed by atoms with Crippen LogP contribution in [0, 0.1) is 5.92 Å². The molecule has 1 aromatic heterocycles. The van der Waals surface area contributed by atoms with Crippen LogP contribution in [0.1, 0.15) is 37.4 Å². The maximum absolute atomic E-state index is 13.2. The molecule has 1 fully saturated rings. The summed E-state index contributed by atoms with van der Waals surface area (Å²) < 4.78 is 7.21. The predicted molar refractivity (Wildman–Crippen MR) is 117 cm³/mol. The number of rotatable bonds is 10. The fourth-order valence-corrected chi connectivity index (χ4v) is 3.86. The van der Waals surface area contributed by atoms with Crippen LogP contribution in [0.15, 0.2) is 48.7 Å². The summed E-state index contributed by atoms with van der Waals surface area (Å²) in [6, 6.07) is 14.1. The van der Waals surface area contributed by atoms with Gasteiger partial charge in [-0.15, -0.1) is 0 Å². The van der Waals surface area contributed by atoms with Crippen LogP contribution in [0.5, 0.6) is 0 Å². The Hall–Kier alpha value is -2.60. The zero-order chi connectivity index (χ0) is 21.7. The number of ether oxygens (including phenoxy) is 1. The minimum absolute atomic E-state index is 0.0251. The molecule has 2 amide bonds. The average Bonchev–Trinajstić information content (AvgIpc) is 3.45. The molecule has 6 heteroatoms. The number of aromatic nitrogens is 1. The van der Waals surface area contributed by atoms with Gasteiger partial charge in [0.15, 0.2) is 0 Å². The third kappa shape index (κ3) is 5.30. The Labute approximate surface area is 179 Å². The lowest BCUT2D eigenvalue weighted by Crippen LogP contribution is -2.47. The minimum Gasteiger partial charge on any atom is -0.383 e. The minimum atomic E-state index is -0.0489. The summed E-state index contributed by atoms with van der Waals surface area (Å²) in [7, 11) is 3.60. The van der Waals surface area contributed by atoms with E-state index in [0.29, 0.717) is 19.7 Å². The van der Waals surface area contributed by atoms with Crippen LogP contribution in [0.2, 0.25) is 0 Å². The van der Waals surface area contributed by atoms with E-state index < -0.39 is 0 Å². The van der Waals surface area contributed by atoms with Crippen molar-refractivity contribution in [1.29, 1.82) is 0 Å². The van der Waals surface area contributed by atoms with E-state index in [-0.39, 0.29) is 36.2 Å². The first kappa shape index (κ1) is 22.1. The molecule has 1 saturated carbocycles. The number of nitrogens with zero attached hydrogens (tertiary/aromatic N) is 3. The van der Waals surface area contributed by atoms with Gasteiger partial charge in [0.05, 0.1) is 19.7 Å². The van der Waals surface area contributed by atoms with Crippen LogP contribution in [-0.4, -0.2) is 59.0 Å². The van der Waals surface area contributed by atoms with Crippen LogP contribution >= 0.6 is 0 Å². The summed E-state index contributed by atoms with van der Waals surface area (Å²) in [5.41, 5.74) is 2.25. The van der Waals surface area contributed by atoms with Crippen molar-refractivity contribution in [3.8, 4) is 0 Å². The first-order valence-corrected chi connectivity index (χ1v) is 10.6. The Bertz CT molecular complexity index is 846. The third-order valence-electron chi connectivity index (χ3n) is 5.87. The number of benzene rings is 1. The highest BCUT2D eigenvalue weighted by Gasteiger charge is 2.46. The normalized spacial score (nSPS) is 17.8. The van der Waals surface area contributed by atoms with Crippen molar-refractivity contribution in [3.63, 3.8) is 0 Å². The molecule has 1 aromatic carbocycles. The molecular formula is C24H33N3O3. The van der Waals surface area contributed by atoms with Crippen molar-refractivity contribution in [2.45, 2.75) is 38.8 Å². The quantitative estimate of drug-likeness (QED) is 0.604. The molecule has 0 unspecified atom stereocenters. The Kier molecular flexibility index (Phi) is 7.32. The van der Waals surface area contributed by atoms with E-state index in [1.807, 2.05) is 62.0 Å². The molecule has 0 bridgehead atoms. The van der Waals surface area contributed by atoms with Gasteiger partial charge >= 0.3 is 0 Å². The van der Waals surface area contributed by atoms with Gasteiger partial charge < -0.3 is 19.1 Å². The topological polar surface area (TPSA) is 54.8 Å². The van der Waals surface area contributed by atoms with Crippen LogP contribution in [-0.2, 0) is 27.9 Å². The average molecular weight is 412 g/mol. The summed E-state index contributed by atoms with van der Waals surface area (Å²) in [5.74, 6) is 0.274. The second-order valence-corrected chi connectivity index (χ2v) is 8.34. The fourth-order valence-electron chi connectivity index (χ4n) is 3.86. The Balaban J connectivity index is 1.67. The molecule has 1 heterocycles. The van der Waals surface area contributed by atoms with Gasteiger partial charge in [0, 0.05) is 44.6 Å². The van der Waals surface area contributed by atoms with Crippen molar-refractivity contribution in [2.24, 2.45) is 13.0 Å². The lowest BCUT2D eigenvalue weighted by atomic mass is 10.1. The number of hydrogen-bond donors (Lipinski definition) is 0. The smallest absolute Gasteiger partial charge is 0.242 e. The second-order valence-electron chi connectivity index (χ2n) is 8.34. The van der Waals surface area contributed by atoms with Crippen molar-refractivity contribution >= 4 is 11.8 Å². The first-order chi connectivity index (χ1) is 14.4. The Morgan fingerprint density at radius 2 is 1.90 bits per heavy atom. The van der Waals surface area contributed by atoms with Crippen molar-refractivity contribution in [1.82, 2.24) is 14.4 Å². The summed E-state index contributed by atoms with van der Waals surface area (Å²) in [4.78, 5) is 29.9. The number of amides is 2. The molecule has 1 aliphatic rings. The molecule has 0 saturated heterocycles. The maximum Gasteiger partial charge on any atom is 0.242 e. The number of hydrogen-bond acceptors (Lipinski definition) is 3. The monoisotopic (exact) mass is 411 g/mol. The van der Waals surface area contributed by atoms with Crippen molar-refractivity contribution in [3.05, 3.63) is 59.9 Å². The lowest BCUT2D eigenvalue weighted by Gasteiger charge is -2.30. The molecule has 1 aliphatic carbocycles. The molecule has 0 aliphatic heterocycles. The van der Waals surface area contributed by atoms with E-state index in [4.69, 9.17) is 4.74 Å². The molecular weight excluding hydrogens is 378 g/mol. The number of methoxy groups -OCH3 is 1. The van der Waals surface area contributed by atoms with E-state index in [9.17, 15) is 9.59 Å². The van der Waals surface area contributed by atoms with Gasteiger partial charge in [0.1, 0.15) is 0 Å². The van der Waals surface area contributed by atoms with Crippen molar-refractivity contribution in [2.75, 3.05) is 26.8 Å². The summed E-state index contributed by atoms with van der Waals surface area (Å²) >= 11 is 0. The molecule has 0 spiro atoms. The van der Waals surface area contributed by atoms with Gasteiger partial charge in [-0.05, 0) is 43.9 Å². The van der Waals surface area contributed by atoms with E-state index >= 15 is 0 Å². The molecule has 2 aromatic rings. The highest BCUT2D eigenvalue weighted by Crippen LogP contribution is 2.48. The second kappa shape index (κ2) is 9.94. The first-order valence-electron chi connectivity index (χ1n) is 10.6. The Morgan fingerprint density at radius 1 is 1.17 bits per heavy atom. The van der Waals surface area contributed by atoms with E-state index in [0.717, 1.165) is 12.1 Å². The highest BCUT2D eigenvalue weighted by molar-refractivity contribution is 5.88. The Morgan fingerprint density at radius 3 is 2.50 bits per heavy atom. The van der Waals surface area contributed by atoms with Gasteiger partial charge in [0.2, 0.25) is 11.8 Å². The van der Waals surface area contributed by atoms with E-state index in [2.05, 4.69) is 12.1 Å². The molecule has 0 N–H and O–H groups in total. The number of carbonyl (C=O) groups excluding carboxylic acids is 2. The zero-order valence-electron chi connectivity index (χ0n) is 18.5. The van der Waals surface area contributed by atoms with Gasteiger partial charge in [-0.25, -0.2) is 0 Å². The zero-order valence-corrected chi connectivity index (χ0v) is 18.5. The van der Waals surface area contributed by atoms with Gasteiger partial charge in [-0.3, -0.25) is 9.59 Å². The maximum atomic E-state index is 13.2. The fraction of sp³-hybridized carbons (Fsp3) is 0.500. The summed E-state index contributed by atoms with van der Waals surface area (Å²) in [6.07, 6.45) is 2.83. The van der Waals surface area contributed by atoms with Crippen LogP contribution < -0.4 is 0 Å². The van der Waals surface area contributed by atoms with Crippen LogP contribution in [0.25, 0.3) is 0 Å². The molecule has 30 heavy (non-hydrogen) atoms. The largest absolute Gasteiger partial charge is 0.383 e. The molecule has 6 nitrogen and oxygen atoms in total. The lowest BCUT2D eigenvalue weighted by molar-refractivity contribution is -0.143. The predicted octanol–water partition coefficient (Wildman–Crippen LogP) is 3.04. The van der Waals surface area contributed by atoms with Gasteiger partial charge in [-0.2, -0.15) is 0 Å². The van der Waals surface area contributed by atoms with Crippen molar-refractivity contribution < 1.29 is 14.3 Å². The third-order valence-corrected chi connectivity index (χ3v) is 5.87. The SMILES string of the molecule is COCCN(Cc1cccn1C)C(=O)CN(C(=O)[C@H]1C[C@H]1c1ccccc1)C(C)C. The van der Waals surface area contributed by atoms with E-state index in [1.54, 1.807) is 16.9 Å². The summed E-state index contributed by atoms with van der Waals surface area (Å²) in [5, 5.41) is 0. The molecule has 162 valence electrons. The van der Waals surface area contributed by atoms with Gasteiger partial charge in [0.25, 0.3) is 0 Å². The molecule has 2 atom stereocenters. The highest BCUT2D eigenvalue weighted by atomic mass is 16.5. The van der Waals surface area contributed by atoms with E-state index in [1.165, 1.54) is 5.56 Å². The molecule has 3 rings (SSSR count). The number of aryl methyl sites for hydroxylation is 1. The van der Waals surface area contributed by atoms with Crippen LogP contribution in [0.4, 0.5) is 0 Å². The van der Waals surface area contributed by atoms with Crippen LogP contribution in [0.3, 0.4) is 0 Å². The number of carbonyl (C=O) groups is 2. The standard InChI is InChI=1S/C24H33N3O3/c1-18(2)27(24(29)22-15-21(22)19-9-6-5-7-10-19)17-23(28)26(13-14-30-4)16-20-11-8-12-25(20)3/h5-12,18,21-22H,13-17H2,1-4H3/t21-,22-/m0/s1.